The molecule has 2 aromatic rings. The molecule has 1 aliphatic rings. The lowest BCUT2D eigenvalue weighted by atomic mass is 9.96. The maximum absolute atomic E-state index is 12.3. The Labute approximate surface area is 175 Å². The summed E-state index contributed by atoms with van der Waals surface area (Å²) >= 11 is 7.40. The van der Waals surface area contributed by atoms with E-state index in [0.717, 1.165) is 27.7 Å². The summed E-state index contributed by atoms with van der Waals surface area (Å²) < 4.78 is 5.84. The Balaban J connectivity index is 1.68. The fourth-order valence-electron chi connectivity index (χ4n) is 3.36. The molecule has 28 heavy (non-hydrogen) atoms. The molecule has 0 bridgehead atoms. The Morgan fingerprint density at radius 1 is 1.32 bits per heavy atom. The highest BCUT2D eigenvalue weighted by Gasteiger charge is 2.36. The molecular weight excluding hydrogens is 396 g/mol. The smallest absolute Gasteiger partial charge is 0.225 e. The molecule has 5 nitrogen and oxygen atoms in total. The molecule has 0 saturated carbocycles. The van der Waals surface area contributed by atoms with Gasteiger partial charge in [0.15, 0.2) is 0 Å². The number of aromatic nitrogens is 1. The molecule has 2 heterocycles. The van der Waals surface area contributed by atoms with Crippen LogP contribution in [-0.2, 0) is 17.0 Å². The van der Waals surface area contributed by atoms with Crippen molar-refractivity contribution in [1.82, 2.24) is 9.88 Å². The van der Waals surface area contributed by atoms with Crippen molar-refractivity contribution in [2.75, 3.05) is 13.1 Å². The van der Waals surface area contributed by atoms with Gasteiger partial charge in [0.1, 0.15) is 23.0 Å². The van der Waals surface area contributed by atoms with Crippen molar-refractivity contribution in [3.63, 3.8) is 0 Å². The zero-order valence-corrected chi connectivity index (χ0v) is 18.1. The third-order valence-electron chi connectivity index (χ3n) is 5.09. The van der Waals surface area contributed by atoms with E-state index in [1.807, 2.05) is 37.8 Å². The van der Waals surface area contributed by atoms with Crippen LogP contribution in [0.25, 0.3) is 0 Å². The molecule has 0 spiro atoms. The minimum absolute atomic E-state index is 0.0232. The van der Waals surface area contributed by atoms with Gasteiger partial charge in [-0.05, 0) is 44.0 Å². The van der Waals surface area contributed by atoms with Gasteiger partial charge in [-0.3, -0.25) is 4.79 Å². The van der Waals surface area contributed by atoms with Crippen LogP contribution in [0.4, 0.5) is 0 Å². The Morgan fingerprint density at radius 3 is 2.71 bits per heavy atom. The molecule has 7 heteroatoms. The number of benzene rings is 1. The maximum Gasteiger partial charge on any atom is 0.225 e. The topological polar surface area (TPSA) is 62.7 Å². The molecule has 1 aromatic carbocycles. The number of carbonyl (C=O) groups is 1. The van der Waals surface area contributed by atoms with Gasteiger partial charge < -0.3 is 14.7 Å². The van der Waals surface area contributed by atoms with Crippen molar-refractivity contribution in [2.45, 2.75) is 52.2 Å². The molecule has 1 atom stereocenters. The van der Waals surface area contributed by atoms with Gasteiger partial charge in [-0.25, -0.2) is 4.98 Å². The lowest BCUT2D eigenvalue weighted by Crippen LogP contribution is -2.36. The number of nitrogens with zero attached hydrogens (tertiary/aromatic N) is 2. The molecule has 1 aliphatic heterocycles. The average molecular weight is 423 g/mol. The van der Waals surface area contributed by atoms with Crippen LogP contribution in [0.15, 0.2) is 24.3 Å². The monoisotopic (exact) mass is 422 g/mol. The molecule has 0 aliphatic carbocycles. The first-order chi connectivity index (χ1) is 13.3. The highest BCUT2D eigenvalue weighted by molar-refractivity contribution is 7.11. The molecule has 1 amide bonds. The Kier molecular flexibility index (Phi) is 6.63. The summed E-state index contributed by atoms with van der Waals surface area (Å²) in [6.07, 6.45) is 1.89. The standard InChI is InChI=1S/C21H27ClN2O3S/c1-14(2)19(25)24-11-4-9-21(26,10-12-24)20-23-15(3)18(28-20)13-27-17-7-5-16(22)6-8-17/h5-8,14,26H,4,9-13H2,1-3H3/t21-/m1/s1. The number of thiazole rings is 1. The second-order valence-corrected chi connectivity index (χ2v) is 9.16. The van der Waals surface area contributed by atoms with Gasteiger partial charge in [0, 0.05) is 30.5 Å². The largest absolute Gasteiger partial charge is 0.488 e. The molecule has 1 saturated heterocycles. The molecule has 0 radical (unpaired) electrons. The van der Waals surface area contributed by atoms with E-state index in [2.05, 4.69) is 4.98 Å². The summed E-state index contributed by atoms with van der Waals surface area (Å²) in [7, 11) is 0. The Bertz CT molecular complexity index is 822. The minimum Gasteiger partial charge on any atom is -0.488 e. The number of halogens is 1. The SMILES string of the molecule is Cc1nc([C@@]2(O)CCCN(C(=O)C(C)C)CC2)sc1COc1ccc(Cl)cc1. The van der Waals surface area contributed by atoms with Crippen LogP contribution in [-0.4, -0.2) is 34.0 Å². The van der Waals surface area contributed by atoms with Crippen LogP contribution in [0.5, 0.6) is 5.75 Å². The fourth-order valence-corrected chi connectivity index (χ4v) is 4.61. The number of carbonyl (C=O) groups excluding carboxylic acids is 1. The van der Waals surface area contributed by atoms with E-state index >= 15 is 0 Å². The van der Waals surface area contributed by atoms with Crippen molar-refractivity contribution in [3.05, 3.63) is 44.9 Å². The van der Waals surface area contributed by atoms with Gasteiger partial charge >= 0.3 is 0 Å². The van der Waals surface area contributed by atoms with Crippen LogP contribution in [0.2, 0.25) is 5.02 Å². The normalized spacial score (nSPS) is 20.3. The van der Waals surface area contributed by atoms with Crippen molar-refractivity contribution in [1.29, 1.82) is 0 Å². The summed E-state index contributed by atoms with van der Waals surface area (Å²) in [5.74, 6) is 0.872. The van der Waals surface area contributed by atoms with E-state index in [0.29, 0.717) is 37.6 Å². The maximum atomic E-state index is 12.3. The van der Waals surface area contributed by atoms with Gasteiger partial charge in [0.25, 0.3) is 0 Å². The Hall–Kier alpha value is -1.63. The van der Waals surface area contributed by atoms with E-state index in [1.165, 1.54) is 11.3 Å². The van der Waals surface area contributed by atoms with E-state index in [-0.39, 0.29) is 11.8 Å². The molecule has 1 aromatic heterocycles. The first-order valence-corrected chi connectivity index (χ1v) is 10.8. The van der Waals surface area contributed by atoms with E-state index in [9.17, 15) is 9.90 Å². The van der Waals surface area contributed by atoms with Crippen molar-refractivity contribution >= 4 is 28.8 Å². The Morgan fingerprint density at radius 2 is 2.04 bits per heavy atom. The van der Waals surface area contributed by atoms with Gasteiger partial charge in [0.05, 0.1) is 10.6 Å². The highest BCUT2D eigenvalue weighted by atomic mass is 35.5. The predicted molar refractivity (Wildman–Crippen MR) is 112 cm³/mol. The van der Waals surface area contributed by atoms with Crippen LogP contribution in [0.1, 0.15) is 48.7 Å². The highest BCUT2D eigenvalue weighted by Crippen LogP contribution is 2.37. The van der Waals surface area contributed by atoms with Crippen LogP contribution < -0.4 is 4.74 Å². The predicted octanol–water partition coefficient (Wildman–Crippen LogP) is 4.54. The van der Waals surface area contributed by atoms with Gasteiger partial charge in [0.2, 0.25) is 5.91 Å². The van der Waals surface area contributed by atoms with Crippen LogP contribution >= 0.6 is 22.9 Å². The first-order valence-electron chi connectivity index (χ1n) is 9.65. The third kappa shape index (κ3) is 4.85. The number of aliphatic hydroxyl groups is 1. The summed E-state index contributed by atoms with van der Waals surface area (Å²) in [5.41, 5.74) is -0.110. The molecule has 1 N–H and O–H groups in total. The number of rotatable bonds is 5. The summed E-state index contributed by atoms with van der Waals surface area (Å²) in [4.78, 5) is 19.8. The third-order valence-corrected chi connectivity index (χ3v) is 6.67. The summed E-state index contributed by atoms with van der Waals surface area (Å²) in [5, 5.41) is 12.7. The summed E-state index contributed by atoms with van der Waals surface area (Å²) in [6.45, 7) is 7.42. The quantitative estimate of drug-likeness (QED) is 0.768. The summed E-state index contributed by atoms with van der Waals surface area (Å²) in [6, 6.07) is 7.25. The lowest BCUT2D eigenvalue weighted by Gasteiger charge is -2.25. The van der Waals surface area contributed by atoms with Crippen molar-refractivity contribution in [3.8, 4) is 5.75 Å². The fraction of sp³-hybridized carbons (Fsp3) is 0.524. The van der Waals surface area contributed by atoms with E-state index < -0.39 is 5.60 Å². The molecular formula is C21H27ClN2O3S. The van der Waals surface area contributed by atoms with Gasteiger partial charge in [-0.2, -0.15) is 0 Å². The molecule has 152 valence electrons. The minimum atomic E-state index is -0.986. The number of hydrogen-bond donors (Lipinski definition) is 1. The zero-order chi connectivity index (χ0) is 20.3. The molecule has 1 fully saturated rings. The number of amides is 1. The first kappa shape index (κ1) is 21.1. The van der Waals surface area contributed by atoms with Crippen LogP contribution in [0, 0.1) is 12.8 Å². The van der Waals surface area contributed by atoms with Crippen LogP contribution in [0.3, 0.4) is 0 Å². The van der Waals surface area contributed by atoms with E-state index in [4.69, 9.17) is 16.3 Å². The molecule has 0 unspecified atom stereocenters. The lowest BCUT2D eigenvalue weighted by molar-refractivity contribution is -0.134. The second kappa shape index (κ2) is 8.80. The number of aryl methyl sites for hydroxylation is 1. The molecule has 3 rings (SSSR count). The number of likely N-dealkylation sites (tertiary alicyclic amines) is 1. The number of ether oxygens (including phenoxy) is 1. The van der Waals surface area contributed by atoms with E-state index in [1.54, 1.807) is 12.1 Å². The van der Waals surface area contributed by atoms with Gasteiger partial charge in [-0.1, -0.05) is 25.4 Å². The zero-order valence-electron chi connectivity index (χ0n) is 16.6. The number of hydrogen-bond acceptors (Lipinski definition) is 5. The second-order valence-electron chi connectivity index (χ2n) is 7.64. The van der Waals surface area contributed by atoms with Crippen molar-refractivity contribution in [2.24, 2.45) is 5.92 Å². The average Bonchev–Trinajstić information content (AvgIpc) is 2.92. The van der Waals surface area contributed by atoms with Crippen molar-refractivity contribution < 1.29 is 14.6 Å². The van der Waals surface area contributed by atoms with Gasteiger partial charge in [-0.15, -0.1) is 11.3 Å².